The summed E-state index contributed by atoms with van der Waals surface area (Å²) in [6, 6.07) is 2.55. The molecule has 0 amide bonds. The van der Waals surface area contributed by atoms with E-state index in [1.807, 2.05) is 4.90 Å². The van der Waals surface area contributed by atoms with Crippen molar-refractivity contribution < 1.29 is 13.2 Å². The van der Waals surface area contributed by atoms with Crippen molar-refractivity contribution in [3.05, 3.63) is 23.9 Å². The van der Waals surface area contributed by atoms with Gasteiger partial charge in [-0.15, -0.1) is 0 Å². The molecule has 1 aromatic rings. The third-order valence-corrected chi connectivity index (χ3v) is 3.78. The number of pyridine rings is 1. The van der Waals surface area contributed by atoms with Crippen molar-refractivity contribution in [2.45, 2.75) is 12.6 Å². The number of rotatable bonds is 1. The van der Waals surface area contributed by atoms with Gasteiger partial charge in [0.15, 0.2) is 0 Å². The van der Waals surface area contributed by atoms with Crippen LogP contribution in [0.3, 0.4) is 0 Å². The van der Waals surface area contributed by atoms with Gasteiger partial charge in [0.25, 0.3) is 0 Å². The zero-order valence-corrected chi connectivity index (χ0v) is 9.80. The molecule has 0 aliphatic carbocycles. The van der Waals surface area contributed by atoms with Crippen LogP contribution in [0.15, 0.2) is 18.3 Å². The van der Waals surface area contributed by atoms with Gasteiger partial charge in [0.2, 0.25) is 0 Å². The summed E-state index contributed by atoms with van der Waals surface area (Å²) < 4.78 is 37.2. The molecule has 0 radical (unpaired) electrons. The van der Waals surface area contributed by atoms with Gasteiger partial charge in [0.05, 0.1) is 5.56 Å². The van der Waals surface area contributed by atoms with Crippen LogP contribution in [0, 0.1) is 5.41 Å². The Morgan fingerprint density at radius 3 is 2.56 bits per heavy atom. The SMILES string of the molecule is FC(F)(F)c1ccc(N2CC3(CCNC3)C2)nc1. The van der Waals surface area contributed by atoms with Gasteiger partial charge in [-0.2, -0.15) is 13.2 Å². The molecule has 6 heteroatoms. The summed E-state index contributed by atoms with van der Waals surface area (Å²) in [7, 11) is 0. The number of halogens is 3. The summed E-state index contributed by atoms with van der Waals surface area (Å²) >= 11 is 0. The van der Waals surface area contributed by atoms with Crippen molar-refractivity contribution in [1.82, 2.24) is 10.3 Å². The molecule has 0 saturated carbocycles. The molecule has 3 rings (SSSR count). The molecule has 2 fully saturated rings. The Balaban J connectivity index is 1.68. The van der Waals surface area contributed by atoms with Gasteiger partial charge in [-0.3, -0.25) is 0 Å². The summed E-state index contributed by atoms with van der Waals surface area (Å²) in [6.45, 7) is 3.81. The van der Waals surface area contributed by atoms with Gasteiger partial charge < -0.3 is 10.2 Å². The maximum absolute atomic E-state index is 12.4. The molecule has 18 heavy (non-hydrogen) atoms. The summed E-state index contributed by atoms with van der Waals surface area (Å²) in [4.78, 5) is 5.94. The zero-order chi connectivity index (χ0) is 12.8. The summed E-state index contributed by atoms with van der Waals surface area (Å²) in [5.74, 6) is 0.639. The van der Waals surface area contributed by atoms with Crippen LogP contribution in [0.25, 0.3) is 0 Å². The molecular weight excluding hydrogens is 243 g/mol. The maximum atomic E-state index is 12.4. The zero-order valence-electron chi connectivity index (χ0n) is 9.80. The molecule has 3 nitrogen and oxygen atoms in total. The molecule has 1 aromatic heterocycles. The van der Waals surface area contributed by atoms with Gasteiger partial charge >= 0.3 is 6.18 Å². The van der Waals surface area contributed by atoms with Gasteiger partial charge in [-0.25, -0.2) is 4.98 Å². The molecule has 1 N–H and O–H groups in total. The van der Waals surface area contributed by atoms with E-state index in [0.717, 1.165) is 44.9 Å². The lowest BCUT2D eigenvalue weighted by molar-refractivity contribution is -0.137. The van der Waals surface area contributed by atoms with Crippen molar-refractivity contribution in [2.24, 2.45) is 5.41 Å². The second-order valence-electron chi connectivity index (χ2n) is 5.19. The Hall–Kier alpha value is -1.30. The molecule has 0 unspecified atom stereocenters. The van der Waals surface area contributed by atoms with E-state index < -0.39 is 11.7 Å². The van der Waals surface area contributed by atoms with Crippen LogP contribution in [0.1, 0.15) is 12.0 Å². The molecule has 2 aliphatic rings. The largest absolute Gasteiger partial charge is 0.417 e. The van der Waals surface area contributed by atoms with Gasteiger partial charge in [-0.05, 0) is 25.1 Å². The van der Waals surface area contributed by atoms with E-state index in [9.17, 15) is 13.2 Å². The highest BCUT2D eigenvalue weighted by molar-refractivity contribution is 5.44. The van der Waals surface area contributed by atoms with E-state index in [-0.39, 0.29) is 0 Å². The molecule has 0 bridgehead atoms. The Labute approximate surface area is 103 Å². The van der Waals surface area contributed by atoms with Crippen molar-refractivity contribution in [2.75, 3.05) is 31.1 Å². The average molecular weight is 257 g/mol. The molecule has 0 atom stereocenters. The molecular formula is C12H14F3N3. The number of hydrogen-bond acceptors (Lipinski definition) is 3. The quantitative estimate of drug-likeness (QED) is 0.833. The summed E-state index contributed by atoms with van der Waals surface area (Å²) in [5, 5.41) is 3.32. The monoisotopic (exact) mass is 257 g/mol. The van der Waals surface area contributed by atoms with Gasteiger partial charge in [0.1, 0.15) is 5.82 Å². The first-order valence-corrected chi connectivity index (χ1v) is 5.98. The highest BCUT2D eigenvalue weighted by Crippen LogP contribution is 2.38. The summed E-state index contributed by atoms with van der Waals surface area (Å²) in [6.07, 6.45) is -2.26. The van der Waals surface area contributed by atoms with E-state index >= 15 is 0 Å². The fourth-order valence-corrected chi connectivity index (χ4v) is 2.73. The van der Waals surface area contributed by atoms with E-state index in [0.29, 0.717) is 11.2 Å². The minimum Gasteiger partial charge on any atom is -0.355 e. The predicted octanol–water partition coefficient (Wildman–Crippen LogP) is 1.90. The Morgan fingerprint density at radius 1 is 1.28 bits per heavy atom. The average Bonchev–Trinajstić information content (AvgIpc) is 2.75. The highest BCUT2D eigenvalue weighted by Gasteiger charge is 2.45. The third-order valence-electron chi connectivity index (χ3n) is 3.78. The maximum Gasteiger partial charge on any atom is 0.417 e. The Bertz CT molecular complexity index is 427. The van der Waals surface area contributed by atoms with Crippen LogP contribution in [-0.2, 0) is 6.18 Å². The number of anilines is 1. The van der Waals surface area contributed by atoms with E-state index in [1.54, 1.807) is 0 Å². The van der Waals surface area contributed by atoms with Crippen LogP contribution in [0.5, 0.6) is 0 Å². The van der Waals surface area contributed by atoms with Gasteiger partial charge in [0, 0.05) is 31.2 Å². The predicted molar refractivity (Wildman–Crippen MR) is 61.4 cm³/mol. The normalized spacial score (nSPS) is 22.3. The summed E-state index contributed by atoms with van der Waals surface area (Å²) in [5.41, 5.74) is -0.367. The van der Waals surface area contributed by atoms with E-state index in [2.05, 4.69) is 10.3 Å². The molecule has 1 spiro atoms. The Morgan fingerprint density at radius 2 is 2.06 bits per heavy atom. The second kappa shape index (κ2) is 3.85. The highest BCUT2D eigenvalue weighted by atomic mass is 19.4. The molecule has 3 heterocycles. The smallest absolute Gasteiger partial charge is 0.355 e. The first-order valence-electron chi connectivity index (χ1n) is 5.98. The molecule has 2 saturated heterocycles. The first-order chi connectivity index (χ1) is 8.49. The lowest BCUT2D eigenvalue weighted by Gasteiger charge is -2.48. The topological polar surface area (TPSA) is 28.2 Å². The number of aromatic nitrogens is 1. The van der Waals surface area contributed by atoms with Crippen molar-refractivity contribution in [3.63, 3.8) is 0 Å². The standard InChI is InChI=1S/C12H14F3N3/c13-12(14,15)9-1-2-10(17-5-9)18-7-11(8-18)3-4-16-6-11/h1-2,5,16H,3-4,6-8H2. The number of hydrogen-bond donors (Lipinski definition) is 1. The van der Waals surface area contributed by atoms with Crippen molar-refractivity contribution in [1.29, 1.82) is 0 Å². The molecule has 2 aliphatic heterocycles. The van der Waals surface area contributed by atoms with Crippen molar-refractivity contribution >= 4 is 5.82 Å². The number of alkyl halides is 3. The molecule has 0 aromatic carbocycles. The van der Waals surface area contributed by atoms with Gasteiger partial charge in [-0.1, -0.05) is 0 Å². The lowest BCUT2D eigenvalue weighted by atomic mass is 9.79. The van der Waals surface area contributed by atoms with Crippen molar-refractivity contribution in [3.8, 4) is 0 Å². The number of nitrogens with one attached hydrogen (secondary N) is 1. The van der Waals surface area contributed by atoms with Crippen LogP contribution < -0.4 is 10.2 Å². The lowest BCUT2D eigenvalue weighted by Crippen LogP contribution is -2.57. The van der Waals surface area contributed by atoms with Crippen LogP contribution in [0.4, 0.5) is 19.0 Å². The second-order valence-corrected chi connectivity index (χ2v) is 5.19. The molecule has 98 valence electrons. The fraction of sp³-hybridized carbons (Fsp3) is 0.583. The van der Waals surface area contributed by atoms with E-state index in [1.165, 1.54) is 6.07 Å². The number of nitrogens with zero attached hydrogens (tertiary/aromatic N) is 2. The van der Waals surface area contributed by atoms with Crippen LogP contribution in [-0.4, -0.2) is 31.2 Å². The van der Waals surface area contributed by atoms with Crippen LogP contribution >= 0.6 is 0 Å². The van der Waals surface area contributed by atoms with Crippen LogP contribution in [0.2, 0.25) is 0 Å². The first kappa shape index (κ1) is 11.8. The third kappa shape index (κ3) is 1.94. The fourth-order valence-electron chi connectivity index (χ4n) is 2.73. The minimum atomic E-state index is -4.31. The Kier molecular flexibility index (Phi) is 2.52. The van der Waals surface area contributed by atoms with E-state index in [4.69, 9.17) is 0 Å². The minimum absolute atomic E-state index is 0.324.